The van der Waals surface area contributed by atoms with Gasteiger partial charge in [-0.2, -0.15) is 0 Å². The van der Waals surface area contributed by atoms with Crippen LogP contribution in [-0.2, 0) is 0 Å². The van der Waals surface area contributed by atoms with Gasteiger partial charge in [0.2, 0.25) is 0 Å². The molecule has 10 heavy (non-hydrogen) atoms. The van der Waals surface area contributed by atoms with Gasteiger partial charge in [-0.3, -0.25) is 5.10 Å². The zero-order valence-electron chi connectivity index (χ0n) is 4.77. The fraction of sp³-hybridized carbons (Fsp3) is 0. The topological polar surface area (TPSA) is 67.3 Å². The number of rotatable bonds is 1. The SMILES string of the molecule is [c]1nn[nH]c1-c1nncs1. The second kappa shape index (κ2) is 2.14. The van der Waals surface area contributed by atoms with Crippen molar-refractivity contribution in [2.24, 2.45) is 0 Å². The molecule has 0 fully saturated rings. The highest BCUT2D eigenvalue weighted by Gasteiger charge is 2.01. The van der Waals surface area contributed by atoms with Gasteiger partial charge in [-0.15, -0.1) is 15.3 Å². The van der Waals surface area contributed by atoms with Gasteiger partial charge < -0.3 is 0 Å². The first-order valence-corrected chi connectivity index (χ1v) is 3.40. The Morgan fingerprint density at radius 2 is 2.60 bits per heavy atom. The molecule has 2 heterocycles. The van der Waals surface area contributed by atoms with Gasteiger partial charge in [-0.25, -0.2) is 0 Å². The van der Waals surface area contributed by atoms with Crippen LogP contribution >= 0.6 is 11.3 Å². The molecule has 0 aliphatic carbocycles. The number of aromatic nitrogens is 5. The zero-order valence-corrected chi connectivity index (χ0v) is 5.59. The van der Waals surface area contributed by atoms with E-state index in [0.29, 0.717) is 5.69 Å². The van der Waals surface area contributed by atoms with Crippen molar-refractivity contribution in [3.05, 3.63) is 11.7 Å². The number of hydrogen-bond acceptors (Lipinski definition) is 5. The third kappa shape index (κ3) is 0.781. The Kier molecular flexibility index (Phi) is 1.17. The molecular formula is C4H2N5S. The molecule has 6 heteroatoms. The molecule has 0 atom stereocenters. The van der Waals surface area contributed by atoms with E-state index in [2.05, 4.69) is 31.8 Å². The lowest BCUT2D eigenvalue weighted by Gasteiger charge is -1.79. The lowest BCUT2D eigenvalue weighted by Crippen LogP contribution is -1.75. The van der Waals surface area contributed by atoms with Crippen LogP contribution in [0.25, 0.3) is 10.7 Å². The molecular weight excluding hydrogens is 150 g/mol. The smallest absolute Gasteiger partial charge is 0.167 e. The van der Waals surface area contributed by atoms with Gasteiger partial charge in [-0.1, -0.05) is 16.6 Å². The molecule has 0 aliphatic rings. The number of H-pyrrole nitrogens is 1. The van der Waals surface area contributed by atoms with Crippen LogP contribution in [0.3, 0.4) is 0 Å². The fourth-order valence-electron chi connectivity index (χ4n) is 0.553. The van der Waals surface area contributed by atoms with E-state index in [4.69, 9.17) is 0 Å². The van der Waals surface area contributed by atoms with Crippen molar-refractivity contribution in [3.63, 3.8) is 0 Å². The minimum Gasteiger partial charge on any atom is -0.254 e. The predicted molar refractivity (Wildman–Crippen MR) is 34.1 cm³/mol. The van der Waals surface area contributed by atoms with E-state index < -0.39 is 0 Å². The number of hydrogen-bond donors (Lipinski definition) is 1. The van der Waals surface area contributed by atoms with Gasteiger partial charge in [0.15, 0.2) is 5.01 Å². The third-order valence-corrected chi connectivity index (χ3v) is 1.66. The molecule has 0 amide bonds. The predicted octanol–water partition coefficient (Wildman–Crippen LogP) is 0.123. The molecule has 1 radical (unpaired) electrons. The van der Waals surface area contributed by atoms with Crippen molar-refractivity contribution in [1.82, 2.24) is 25.6 Å². The second-order valence-electron chi connectivity index (χ2n) is 1.54. The van der Waals surface area contributed by atoms with Crippen LogP contribution in [0, 0.1) is 6.20 Å². The van der Waals surface area contributed by atoms with Gasteiger partial charge in [0.25, 0.3) is 0 Å². The van der Waals surface area contributed by atoms with Crippen molar-refractivity contribution < 1.29 is 0 Å². The maximum absolute atomic E-state index is 3.78. The Morgan fingerprint density at radius 3 is 3.20 bits per heavy atom. The molecule has 1 N–H and O–H groups in total. The summed E-state index contributed by atoms with van der Waals surface area (Å²) in [6.07, 6.45) is 2.63. The van der Waals surface area contributed by atoms with Gasteiger partial charge >= 0.3 is 0 Å². The summed E-state index contributed by atoms with van der Waals surface area (Å²) in [6, 6.07) is 0. The van der Waals surface area contributed by atoms with Gasteiger partial charge in [0.05, 0.1) is 0 Å². The van der Waals surface area contributed by atoms with Crippen LogP contribution in [0.4, 0.5) is 0 Å². The highest BCUT2D eigenvalue weighted by Crippen LogP contribution is 2.14. The van der Waals surface area contributed by atoms with E-state index >= 15 is 0 Å². The Morgan fingerprint density at radius 1 is 1.60 bits per heavy atom. The highest BCUT2D eigenvalue weighted by molar-refractivity contribution is 7.12. The van der Waals surface area contributed by atoms with Crippen LogP contribution in [0.5, 0.6) is 0 Å². The Labute approximate surface area is 60.1 Å². The summed E-state index contributed by atoms with van der Waals surface area (Å²) in [5, 5.41) is 17.8. The first-order chi connectivity index (χ1) is 4.97. The largest absolute Gasteiger partial charge is 0.254 e. The summed E-state index contributed by atoms with van der Waals surface area (Å²) in [4.78, 5) is 0. The zero-order chi connectivity index (χ0) is 6.81. The summed E-state index contributed by atoms with van der Waals surface area (Å²) in [7, 11) is 0. The molecule has 0 unspecified atom stereocenters. The fourth-order valence-corrected chi connectivity index (χ4v) is 1.05. The second-order valence-corrected chi connectivity index (χ2v) is 2.38. The van der Waals surface area contributed by atoms with E-state index in [1.54, 1.807) is 5.51 Å². The highest BCUT2D eigenvalue weighted by atomic mass is 32.1. The quantitative estimate of drug-likeness (QED) is 0.630. The molecule has 0 saturated heterocycles. The standard InChI is InChI=1S/C4H2N5S/c1-3(7-9-5-1)4-8-6-2-10-4/h2H,(H,5,7,9). The molecule has 0 saturated carbocycles. The molecule has 2 aromatic heterocycles. The number of nitrogens with zero attached hydrogens (tertiary/aromatic N) is 4. The molecule has 0 spiro atoms. The Bertz CT molecular complexity index is 253. The normalized spacial score (nSPS) is 10.0. The number of nitrogens with one attached hydrogen (secondary N) is 1. The maximum atomic E-state index is 3.78. The van der Waals surface area contributed by atoms with Crippen molar-refractivity contribution in [2.45, 2.75) is 0 Å². The summed E-state index contributed by atoms with van der Waals surface area (Å²) in [6.45, 7) is 0. The van der Waals surface area contributed by atoms with Crippen LogP contribution in [0.1, 0.15) is 0 Å². The molecule has 0 bridgehead atoms. The first-order valence-electron chi connectivity index (χ1n) is 2.52. The molecule has 2 rings (SSSR count). The number of aromatic amines is 1. The average Bonchev–Trinajstić information content (AvgIpc) is 2.59. The monoisotopic (exact) mass is 152 g/mol. The Hall–Kier alpha value is -1.30. The third-order valence-electron chi connectivity index (χ3n) is 0.948. The maximum Gasteiger partial charge on any atom is 0.167 e. The van der Waals surface area contributed by atoms with Crippen LogP contribution in [0.2, 0.25) is 0 Å². The first kappa shape index (κ1) is 5.48. The van der Waals surface area contributed by atoms with Crippen molar-refractivity contribution in [1.29, 1.82) is 0 Å². The summed E-state index contributed by atoms with van der Waals surface area (Å²) in [5.41, 5.74) is 2.33. The minimum atomic E-state index is 0.683. The van der Waals surface area contributed by atoms with E-state index in [9.17, 15) is 0 Å². The van der Waals surface area contributed by atoms with Crippen molar-refractivity contribution >= 4 is 11.3 Å². The van der Waals surface area contributed by atoms with Crippen LogP contribution in [-0.4, -0.2) is 25.6 Å². The van der Waals surface area contributed by atoms with Crippen LogP contribution < -0.4 is 0 Å². The molecule has 0 aliphatic heterocycles. The van der Waals surface area contributed by atoms with E-state index in [0.717, 1.165) is 5.01 Å². The van der Waals surface area contributed by atoms with Crippen molar-refractivity contribution in [2.75, 3.05) is 0 Å². The van der Waals surface area contributed by atoms with E-state index in [-0.39, 0.29) is 0 Å². The van der Waals surface area contributed by atoms with Crippen molar-refractivity contribution in [3.8, 4) is 10.7 Å². The molecule has 2 aromatic rings. The molecule has 5 nitrogen and oxygen atoms in total. The lowest BCUT2D eigenvalue weighted by atomic mass is 10.5. The average molecular weight is 152 g/mol. The summed E-state index contributed by atoms with van der Waals surface area (Å²) in [5.74, 6) is 0. The molecule has 0 aromatic carbocycles. The van der Waals surface area contributed by atoms with Crippen LogP contribution in [0.15, 0.2) is 5.51 Å². The van der Waals surface area contributed by atoms with E-state index in [1.807, 2.05) is 0 Å². The minimum absolute atomic E-state index is 0.683. The lowest BCUT2D eigenvalue weighted by molar-refractivity contribution is 0.938. The Balaban J connectivity index is 2.48. The van der Waals surface area contributed by atoms with Gasteiger partial charge in [0.1, 0.15) is 17.4 Å². The van der Waals surface area contributed by atoms with Gasteiger partial charge in [0, 0.05) is 0 Å². The summed E-state index contributed by atoms with van der Waals surface area (Å²) < 4.78 is 0. The molecule has 49 valence electrons. The summed E-state index contributed by atoms with van der Waals surface area (Å²) >= 11 is 1.42. The van der Waals surface area contributed by atoms with E-state index in [1.165, 1.54) is 11.3 Å². The van der Waals surface area contributed by atoms with Gasteiger partial charge in [-0.05, 0) is 0 Å².